The van der Waals surface area contributed by atoms with Crippen molar-refractivity contribution in [2.45, 2.75) is 59.0 Å². The van der Waals surface area contributed by atoms with E-state index in [9.17, 15) is 14.7 Å². The Morgan fingerprint density at radius 3 is 2.44 bits per heavy atom. The number of rotatable bonds is 8. The Bertz CT molecular complexity index is 569. The van der Waals surface area contributed by atoms with Gasteiger partial charge in [0.2, 0.25) is 0 Å². The maximum Gasteiger partial charge on any atom is 0.436 e. The number of para-hydroxylation sites is 2. The van der Waals surface area contributed by atoms with Crippen LogP contribution < -0.4 is 10.4 Å². The molecular formula is C18H28N2O5. The van der Waals surface area contributed by atoms with E-state index in [1.165, 1.54) is 0 Å². The van der Waals surface area contributed by atoms with E-state index in [-0.39, 0.29) is 12.3 Å². The molecule has 0 radical (unpaired) electrons. The van der Waals surface area contributed by atoms with Crippen LogP contribution in [-0.4, -0.2) is 29.5 Å². The van der Waals surface area contributed by atoms with Crippen LogP contribution in [0.4, 0.5) is 21.0 Å². The summed E-state index contributed by atoms with van der Waals surface area (Å²) in [5, 5.41) is 12.8. The smallest absolute Gasteiger partial charge is 0.436 e. The van der Waals surface area contributed by atoms with Gasteiger partial charge in [-0.15, -0.1) is 0 Å². The third-order valence-corrected chi connectivity index (χ3v) is 3.15. The molecule has 0 heterocycles. The van der Waals surface area contributed by atoms with Gasteiger partial charge in [-0.3, -0.25) is 10.2 Å². The highest BCUT2D eigenvalue weighted by atomic mass is 16.7. The minimum Gasteiger partial charge on any atom is -0.463 e. The highest BCUT2D eigenvalue weighted by molar-refractivity contribution is 5.95. The molecule has 0 aromatic heterocycles. The van der Waals surface area contributed by atoms with Crippen molar-refractivity contribution >= 4 is 23.6 Å². The standard InChI is InChI=1S/C18H28N2O5/c1-5-6-7-10-13-24-20(17(22)23)15-12-9-8-11-14(15)19-16(21)25-18(2,3)4/h8-9,11-12H,5-7,10,13H2,1-4H3,(H,19,21)(H,22,23). The van der Waals surface area contributed by atoms with Gasteiger partial charge >= 0.3 is 12.2 Å². The van der Waals surface area contributed by atoms with Crippen LogP contribution in [0.2, 0.25) is 0 Å². The number of ether oxygens (including phenoxy) is 1. The highest BCUT2D eigenvalue weighted by Crippen LogP contribution is 2.27. The fourth-order valence-corrected chi connectivity index (χ4v) is 2.08. The molecule has 7 heteroatoms. The number of benzene rings is 1. The first-order chi connectivity index (χ1) is 11.7. The first kappa shape index (κ1) is 20.8. The fourth-order valence-electron chi connectivity index (χ4n) is 2.08. The zero-order valence-electron chi connectivity index (χ0n) is 15.4. The van der Waals surface area contributed by atoms with E-state index < -0.39 is 17.8 Å². The Morgan fingerprint density at radius 2 is 1.84 bits per heavy atom. The molecule has 0 saturated carbocycles. The second-order valence-electron chi connectivity index (χ2n) is 6.61. The molecule has 0 aliphatic heterocycles. The van der Waals surface area contributed by atoms with Crippen LogP contribution >= 0.6 is 0 Å². The molecule has 0 aliphatic carbocycles. The average Bonchev–Trinajstić information content (AvgIpc) is 2.49. The molecule has 2 N–H and O–H groups in total. The monoisotopic (exact) mass is 352 g/mol. The number of nitrogens with zero attached hydrogens (tertiary/aromatic N) is 1. The van der Waals surface area contributed by atoms with Crippen molar-refractivity contribution in [1.29, 1.82) is 0 Å². The second-order valence-corrected chi connectivity index (χ2v) is 6.61. The van der Waals surface area contributed by atoms with Gasteiger partial charge in [-0.1, -0.05) is 38.3 Å². The molecule has 0 aliphatic rings. The lowest BCUT2D eigenvalue weighted by atomic mass is 10.2. The summed E-state index contributed by atoms with van der Waals surface area (Å²) >= 11 is 0. The summed E-state index contributed by atoms with van der Waals surface area (Å²) in [4.78, 5) is 28.9. The molecule has 0 bridgehead atoms. The number of hydrogen-bond acceptors (Lipinski definition) is 4. The lowest BCUT2D eigenvalue weighted by Gasteiger charge is -2.23. The van der Waals surface area contributed by atoms with Gasteiger partial charge in [0, 0.05) is 0 Å². The lowest BCUT2D eigenvalue weighted by molar-refractivity contribution is 0.0634. The predicted octanol–water partition coefficient (Wildman–Crippen LogP) is 5.03. The first-order valence-corrected chi connectivity index (χ1v) is 8.49. The summed E-state index contributed by atoms with van der Waals surface area (Å²) in [6.45, 7) is 7.64. The average molecular weight is 352 g/mol. The van der Waals surface area contributed by atoms with Crippen LogP contribution in [0.1, 0.15) is 53.4 Å². The van der Waals surface area contributed by atoms with E-state index in [1.54, 1.807) is 45.0 Å². The lowest BCUT2D eigenvalue weighted by Crippen LogP contribution is -2.32. The van der Waals surface area contributed by atoms with E-state index in [0.717, 1.165) is 30.7 Å². The summed E-state index contributed by atoms with van der Waals surface area (Å²) in [5.74, 6) is 0. The van der Waals surface area contributed by atoms with Crippen molar-refractivity contribution < 1.29 is 24.3 Å². The molecular weight excluding hydrogens is 324 g/mol. The van der Waals surface area contributed by atoms with E-state index in [2.05, 4.69) is 12.2 Å². The third kappa shape index (κ3) is 7.89. The highest BCUT2D eigenvalue weighted by Gasteiger charge is 2.22. The summed E-state index contributed by atoms with van der Waals surface area (Å²) < 4.78 is 5.21. The van der Waals surface area contributed by atoms with Crippen molar-refractivity contribution in [3.8, 4) is 0 Å². The minimum absolute atomic E-state index is 0.233. The molecule has 0 fully saturated rings. The molecule has 25 heavy (non-hydrogen) atoms. The van der Waals surface area contributed by atoms with Gasteiger partial charge in [0.15, 0.2) is 0 Å². The van der Waals surface area contributed by atoms with Gasteiger partial charge in [-0.2, -0.15) is 5.06 Å². The number of unbranched alkanes of at least 4 members (excludes halogenated alkanes) is 3. The van der Waals surface area contributed by atoms with E-state index in [4.69, 9.17) is 9.57 Å². The van der Waals surface area contributed by atoms with Gasteiger partial charge in [-0.25, -0.2) is 9.59 Å². The number of anilines is 2. The van der Waals surface area contributed by atoms with E-state index in [1.807, 2.05) is 0 Å². The summed E-state index contributed by atoms with van der Waals surface area (Å²) in [5.41, 5.74) is -0.120. The number of hydroxylamine groups is 1. The van der Waals surface area contributed by atoms with Gasteiger partial charge in [0.25, 0.3) is 0 Å². The topological polar surface area (TPSA) is 88.1 Å². The molecule has 1 aromatic rings. The normalized spacial score (nSPS) is 11.0. The minimum atomic E-state index is -1.26. The molecule has 7 nitrogen and oxygen atoms in total. The number of carboxylic acid groups (broad SMARTS) is 1. The molecule has 1 aromatic carbocycles. The Hall–Kier alpha value is -2.28. The predicted molar refractivity (Wildman–Crippen MR) is 96.9 cm³/mol. The largest absolute Gasteiger partial charge is 0.463 e. The van der Waals surface area contributed by atoms with Crippen molar-refractivity contribution in [2.75, 3.05) is 17.0 Å². The number of carbonyl (C=O) groups is 2. The molecule has 0 atom stereocenters. The van der Waals surface area contributed by atoms with Crippen LogP contribution in [-0.2, 0) is 9.57 Å². The van der Waals surface area contributed by atoms with E-state index >= 15 is 0 Å². The van der Waals surface area contributed by atoms with Crippen LogP contribution in [0.25, 0.3) is 0 Å². The number of nitrogens with one attached hydrogen (secondary N) is 1. The molecule has 2 amide bonds. The number of hydrogen-bond donors (Lipinski definition) is 2. The van der Waals surface area contributed by atoms with E-state index in [0.29, 0.717) is 5.69 Å². The van der Waals surface area contributed by atoms with Crippen molar-refractivity contribution in [3.63, 3.8) is 0 Å². The third-order valence-electron chi connectivity index (χ3n) is 3.15. The van der Waals surface area contributed by atoms with Crippen molar-refractivity contribution in [1.82, 2.24) is 0 Å². The Kier molecular flexibility index (Phi) is 8.21. The molecule has 1 rings (SSSR count). The molecule has 140 valence electrons. The van der Waals surface area contributed by atoms with Crippen molar-refractivity contribution in [3.05, 3.63) is 24.3 Å². The fraction of sp³-hybridized carbons (Fsp3) is 0.556. The van der Waals surface area contributed by atoms with Gasteiger partial charge in [0.1, 0.15) is 5.60 Å². The zero-order valence-corrected chi connectivity index (χ0v) is 15.4. The maximum atomic E-state index is 12.0. The number of carbonyl (C=O) groups excluding carboxylic acids is 1. The second kappa shape index (κ2) is 9.88. The van der Waals surface area contributed by atoms with Crippen LogP contribution in [0.3, 0.4) is 0 Å². The first-order valence-electron chi connectivity index (χ1n) is 8.49. The Balaban J connectivity index is 2.82. The Labute approximate surface area is 148 Å². The Morgan fingerprint density at radius 1 is 1.16 bits per heavy atom. The SMILES string of the molecule is CCCCCCON(C(=O)O)c1ccccc1NC(=O)OC(C)(C)C. The van der Waals surface area contributed by atoms with Crippen LogP contribution in [0.15, 0.2) is 24.3 Å². The van der Waals surface area contributed by atoms with Gasteiger partial charge < -0.3 is 9.84 Å². The molecule has 0 spiro atoms. The quantitative estimate of drug-likeness (QED) is 0.506. The molecule has 0 unspecified atom stereocenters. The maximum absolute atomic E-state index is 12.0. The summed E-state index contributed by atoms with van der Waals surface area (Å²) in [6.07, 6.45) is 1.99. The summed E-state index contributed by atoms with van der Waals surface area (Å²) in [7, 11) is 0. The van der Waals surface area contributed by atoms with Gasteiger partial charge in [-0.05, 0) is 39.3 Å². The molecule has 0 saturated heterocycles. The van der Waals surface area contributed by atoms with Crippen molar-refractivity contribution in [2.24, 2.45) is 0 Å². The summed E-state index contributed by atoms with van der Waals surface area (Å²) in [6, 6.07) is 6.52. The van der Waals surface area contributed by atoms with Gasteiger partial charge in [0.05, 0.1) is 18.0 Å². The van der Waals surface area contributed by atoms with Crippen LogP contribution in [0, 0.1) is 0 Å². The zero-order chi connectivity index (χ0) is 18.9. The number of amides is 2. The van der Waals surface area contributed by atoms with Crippen LogP contribution in [0.5, 0.6) is 0 Å².